The van der Waals surface area contributed by atoms with Crippen LogP contribution in [0.3, 0.4) is 0 Å². The van der Waals surface area contributed by atoms with Gasteiger partial charge >= 0.3 is 0 Å². The highest BCUT2D eigenvalue weighted by Gasteiger charge is 2.33. The van der Waals surface area contributed by atoms with Gasteiger partial charge in [0.25, 0.3) is 5.91 Å². The molecule has 2 aliphatic heterocycles. The van der Waals surface area contributed by atoms with E-state index in [1.54, 1.807) is 24.3 Å². The molecule has 0 saturated heterocycles. The summed E-state index contributed by atoms with van der Waals surface area (Å²) >= 11 is 0. The van der Waals surface area contributed by atoms with Gasteiger partial charge < -0.3 is 29.4 Å². The van der Waals surface area contributed by atoms with Crippen LogP contribution in [0.1, 0.15) is 29.8 Å². The molecule has 1 amide bonds. The molecule has 2 aliphatic rings. The largest absolute Gasteiger partial charge is 0.504 e. The van der Waals surface area contributed by atoms with E-state index in [1.165, 1.54) is 0 Å². The number of phenols is 1. The summed E-state index contributed by atoms with van der Waals surface area (Å²) in [6.45, 7) is 4.66. The van der Waals surface area contributed by atoms with E-state index >= 15 is 0 Å². The third-order valence-electron chi connectivity index (χ3n) is 4.45. The smallest absolute Gasteiger partial charge is 0.255 e. The number of amides is 1. The number of carbonyl (C=O) groups excluding carboxylic acids is 1. The van der Waals surface area contributed by atoms with Crippen molar-refractivity contribution in [3.63, 3.8) is 0 Å². The first-order valence-corrected chi connectivity index (χ1v) is 8.77. The topological polar surface area (TPSA) is 86.3 Å². The number of phenolic OH excluding ortho intramolecular Hbond substituents is 1. The van der Waals surface area contributed by atoms with Crippen molar-refractivity contribution in [1.29, 1.82) is 0 Å². The van der Waals surface area contributed by atoms with Crippen molar-refractivity contribution in [3.05, 3.63) is 41.5 Å². The van der Waals surface area contributed by atoms with E-state index in [2.05, 4.69) is 5.32 Å². The van der Waals surface area contributed by atoms with Gasteiger partial charge in [0.15, 0.2) is 23.0 Å². The van der Waals surface area contributed by atoms with Gasteiger partial charge in [0.05, 0.1) is 12.1 Å². The Morgan fingerprint density at radius 2 is 2.04 bits per heavy atom. The molecule has 0 atom stereocenters. The molecule has 0 fully saturated rings. The molecule has 0 radical (unpaired) electrons. The van der Waals surface area contributed by atoms with Crippen LogP contribution in [0.4, 0.5) is 0 Å². The van der Waals surface area contributed by atoms with Crippen molar-refractivity contribution in [2.45, 2.75) is 25.9 Å². The Kier molecular flexibility index (Phi) is 4.22. The highest BCUT2D eigenvalue weighted by Crippen LogP contribution is 2.43. The molecule has 0 spiro atoms. The summed E-state index contributed by atoms with van der Waals surface area (Å²) in [7, 11) is 0. The first-order valence-electron chi connectivity index (χ1n) is 8.77. The molecule has 2 heterocycles. The summed E-state index contributed by atoms with van der Waals surface area (Å²) in [5.74, 6) is 1.86. The Morgan fingerprint density at radius 1 is 1.22 bits per heavy atom. The molecular weight excluding hydrogens is 350 g/mol. The monoisotopic (exact) mass is 371 g/mol. The van der Waals surface area contributed by atoms with E-state index in [0.29, 0.717) is 29.4 Å². The lowest BCUT2D eigenvalue weighted by molar-refractivity contribution is 0.0940. The van der Waals surface area contributed by atoms with E-state index in [-0.39, 0.29) is 42.8 Å². The Hall–Kier alpha value is -3.09. The maximum Gasteiger partial charge on any atom is 0.255 e. The molecule has 2 N–H and O–H groups in total. The third kappa shape index (κ3) is 3.45. The second-order valence-corrected chi connectivity index (χ2v) is 7.11. The average Bonchev–Trinajstić information content (AvgIpc) is 3.21. The fourth-order valence-electron chi connectivity index (χ4n) is 3.22. The van der Waals surface area contributed by atoms with Crippen molar-refractivity contribution in [1.82, 2.24) is 5.32 Å². The zero-order valence-corrected chi connectivity index (χ0v) is 15.2. The second-order valence-electron chi connectivity index (χ2n) is 7.11. The molecule has 4 rings (SSSR count). The summed E-state index contributed by atoms with van der Waals surface area (Å²) in [6.07, 6.45) is 0.696. The molecule has 7 nitrogen and oxygen atoms in total. The summed E-state index contributed by atoms with van der Waals surface area (Å²) in [5, 5.41) is 13.1. The van der Waals surface area contributed by atoms with E-state index in [0.717, 1.165) is 5.56 Å². The Morgan fingerprint density at radius 3 is 2.89 bits per heavy atom. The first kappa shape index (κ1) is 17.3. The van der Waals surface area contributed by atoms with Crippen molar-refractivity contribution in [3.8, 4) is 28.7 Å². The van der Waals surface area contributed by atoms with Gasteiger partial charge in [-0.3, -0.25) is 4.79 Å². The van der Waals surface area contributed by atoms with Gasteiger partial charge in [0.1, 0.15) is 18.0 Å². The molecule has 0 aliphatic carbocycles. The number of hydrogen-bond acceptors (Lipinski definition) is 6. The predicted molar refractivity (Wildman–Crippen MR) is 96.9 cm³/mol. The molecule has 2 aromatic rings. The van der Waals surface area contributed by atoms with Crippen LogP contribution in [0.5, 0.6) is 28.7 Å². The fraction of sp³-hybridized carbons (Fsp3) is 0.350. The lowest BCUT2D eigenvalue weighted by Crippen LogP contribution is -2.28. The van der Waals surface area contributed by atoms with Crippen LogP contribution >= 0.6 is 0 Å². The molecule has 0 saturated carbocycles. The van der Waals surface area contributed by atoms with Gasteiger partial charge in [0, 0.05) is 18.1 Å². The molecule has 0 unspecified atom stereocenters. The van der Waals surface area contributed by atoms with Crippen LogP contribution in [-0.2, 0) is 6.42 Å². The summed E-state index contributed by atoms with van der Waals surface area (Å²) in [6, 6.07) is 8.74. The number of carbonyl (C=O) groups is 1. The summed E-state index contributed by atoms with van der Waals surface area (Å²) in [4.78, 5) is 12.4. The SMILES string of the molecule is CC1(C)Cc2ccc(C(=O)NCCOc3ccc4c(c3)OCO4)c(O)c2O1. The minimum absolute atomic E-state index is 0.118. The molecule has 142 valence electrons. The zero-order chi connectivity index (χ0) is 19.0. The Bertz CT molecular complexity index is 892. The molecule has 7 heteroatoms. The van der Waals surface area contributed by atoms with E-state index in [9.17, 15) is 9.90 Å². The maximum absolute atomic E-state index is 12.4. The number of nitrogens with one attached hydrogen (secondary N) is 1. The molecule has 0 aromatic heterocycles. The maximum atomic E-state index is 12.4. The minimum atomic E-state index is -0.382. The van der Waals surface area contributed by atoms with Crippen molar-refractivity contribution in [2.24, 2.45) is 0 Å². The van der Waals surface area contributed by atoms with Crippen LogP contribution in [0.25, 0.3) is 0 Å². The van der Waals surface area contributed by atoms with Gasteiger partial charge in [-0.05, 0) is 32.0 Å². The molecule has 27 heavy (non-hydrogen) atoms. The first-order chi connectivity index (χ1) is 12.9. The lowest BCUT2D eigenvalue weighted by atomic mass is 10.0. The fourth-order valence-corrected chi connectivity index (χ4v) is 3.22. The van der Waals surface area contributed by atoms with E-state index in [4.69, 9.17) is 18.9 Å². The average molecular weight is 371 g/mol. The van der Waals surface area contributed by atoms with Gasteiger partial charge in [-0.25, -0.2) is 0 Å². The van der Waals surface area contributed by atoms with Gasteiger partial charge in [-0.15, -0.1) is 0 Å². The number of fused-ring (bicyclic) bond motifs is 2. The van der Waals surface area contributed by atoms with Crippen molar-refractivity contribution >= 4 is 5.91 Å². The number of ether oxygens (including phenoxy) is 4. The van der Waals surface area contributed by atoms with Crippen LogP contribution in [0.2, 0.25) is 0 Å². The molecule has 0 bridgehead atoms. The number of rotatable bonds is 5. The van der Waals surface area contributed by atoms with Crippen LogP contribution < -0.4 is 24.3 Å². The normalized spacial score (nSPS) is 15.8. The van der Waals surface area contributed by atoms with Crippen LogP contribution in [-0.4, -0.2) is 36.6 Å². The van der Waals surface area contributed by atoms with Gasteiger partial charge in [-0.2, -0.15) is 0 Å². The van der Waals surface area contributed by atoms with E-state index in [1.807, 2.05) is 19.9 Å². The predicted octanol–water partition coefficient (Wildman–Crippen LogP) is 2.64. The lowest BCUT2D eigenvalue weighted by Gasteiger charge is -2.17. The highest BCUT2D eigenvalue weighted by molar-refractivity contribution is 5.98. The number of aromatic hydroxyl groups is 1. The summed E-state index contributed by atoms with van der Waals surface area (Å²) < 4.78 is 21.9. The zero-order valence-electron chi connectivity index (χ0n) is 15.2. The van der Waals surface area contributed by atoms with Gasteiger partial charge in [0.2, 0.25) is 6.79 Å². The van der Waals surface area contributed by atoms with Gasteiger partial charge in [-0.1, -0.05) is 6.07 Å². The van der Waals surface area contributed by atoms with Crippen LogP contribution in [0.15, 0.2) is 30.3 Å². The molecular formula is C20H21NO6. The van der Waals surface area contributed by atoms with Crippen molar-refractivity contribution < 1.29 is 28.8 Å². The third-order valence-corrected chi connectivity index (χ3v) is 4.45. The minimum Gasteiger partial charge on any atom is -0.504 e. The Labute approximate surface area is 156 Å². The van der Waals surface area contributed by atoms with Crippen molar-refractivity contribution in [2.75, 3.05) is 19.9 Å². The van der Waals surface area contributed by atoms with E-state index < -0.39 is 0 Å². The Balaban J connectivity index is 1.33. The highest BCUT2D eigenvalue weighted by atomic mass is 16.7. The standard InChI is InChI=1S/C20H21NO6/c1-20(2)10-12-3-5-14(17(22)18(12)27-20)19(23)21-7-8-24-13-4-6-15-16(9-13)26-11-25-15/h3-6,9,22H,7-8,10-11H2,1-2H3,(H,21,23). The second kappa shape index (κ2) is 6.57. The number of benzene rings is 2. The number of hydrogen-bond donors (Lipinski definition) is 2. The van der Waals surface area contributed by atoms with Crippen LogP contribution in [0, 0.1) is 0 Å². The quantitative estimate of drug-likeness (QED) is 0.786. The molecule has 2 aromatic carbocycles. The summed E-state index contributed by atoms with van der Waals surface area (Å²) in [5.41, 5.74) is 0.711.